The Hall–Kier alpha value is -1.68. The lowest BCUT2D eigenvalue weighted by Gasteiger charge is -1.99. The molecule has 3 rings (SSSR count). The molecule has 0 saturated heterocycles. The molecular weight excluding hydrogens is 230 g/mol. The minimum Gasteiger partial charge on any atom is -0.320 e. The standard InChI is InChI=1S/C13H13N3S/c1-2-5-10(6-3-1)11-9-17-13(15-11)16-12-7-4-8-14-12/h1-3,5-6,9H,4,7-8H2,(H,14,15,16). The van der Waals surface area contributed by atoms with Gasteiger partial charge >= 0.3 is 0 Å². The summed E-state index contributed by atoms with van der Waals surface area (Å²) >= 11 is 1.63. The summed E-state index contributed by atoms with van der Waals surface area (Å²) in [6, 6.07) is 10.2. The lowest BCUT2D eigenvalue weighted by Crippen LogP contribution is -2.07. The summed E-state index contributed by atoms with van der Waals surface area (Å²) in [5.41, 5.74) is 2.18. The molecule has 1 N–H and O–H groups in total. The van der Waals surface area contributed by atoms with Gasteiger partial charge in [0.25, 0.3) is 0 Å². The largest absolute Gasteiger partial charge is 0.320 e. The third kappa shape index (κ3) is 2.36. The van der Waals surface area contributed by atoms with Crippen molar-refractivity contribution in [1.82, 2.24) is 4.98 Å². The molecule has 0 aliphatic carbocycles. The van der Waals surface area contributed by atoms with Crippen molar-refractivity contribution in [3.05, 3.63) is 35.7 Å². The molecule has 1 aromatic carbocycles. The molecule has 86 valence electrons. The Morgan fingerprint density at radius 1 is 1.18 bits per heavy atom. The second kappa shape index (κ2) is 4.67. The van der Waals surface area contributed by atoms with Gasteiger partial charge in [0.05, 0.1) is 5.69 Å². The number of aliphatic imine (C=N–C) groups is 1. The summed E-state index contributed by atoms with van der Waals surface area (Å²) in [6.07, 6.45) is 2.19. The third-order valence-corrected chi connectivity index (χ3v) is 3.46. The normalized spacial score (nSPS) is 14.7. The number of rotatable bonds is 2. The van der Waals surface area contributed by atoms with E-state index in [4.69, 9.17) is 0 Å². The first-order valence-electron chi connectivity index (χ1n) is 5.73. The first-order chi connectivity index (χ1) is 8.42. The number of nitrogens with zero attached hydrogens (tertiary/aromatic N) is 2. The highest BCUT2D eigenvalue weighted by atomic mass is 32.1. The number of hydrogen-bond acceptors (Lipinski definition) is 4. The van der Waals surface area contributed by atoms with Gasteiger partial charge in [0.1, 0.15) is 5.84 Å². The molecule has 0 amide bonds. The number of nitrogens with one attached hydrogen (secondary N) is 1. The molecule has 4 heteroatoms. The van der Waals surface area contributed by atoms with Crippen molar-refractivity contribution < 1.29 is 0 Å². The number of thiazole rings is 1. The molecular formula is C13H13N3S. The summed E-state index contributed by atoms with van der Waals surface area (Å²) in [6.45, 7) is 0.944. The van der Waals surface area contributed by atoms with Crippen LogP contribution in [-0.2, 0) is 0 Å². The predicted octanol–water partition coefficient (Wildman–Crippen LogP) is 3.41. The van der Waals surface area contributed by atoms with Crippen molar-refractivity contribution in [3.8, 4) is 11.3 Å². The number of benzene rings is 1. The number of hydrogen-bond donors (Lipinski definition) is 1. The Morgan fingerprint density at radius 2 is 2.06 bits per heavy atom. The van der Waals surface area contributed by atoms with Crippen LogP contribution in [0.3, 0.4) is 0 Å². The highest BCUT2D eigenvalue weighted by Gasteiger charge is 2.09. The first kappa shape index (κ1) is 10.5. The molecule has 1 aliphatic heterocycles. The van der Waals surface area contributed by atoms with E-state index in [2.05, 4.69) is 32.8 Å². The molecule has 0 spiro atoms. The van der Waals surface area contributed by atoms with Crippen LogP contribution in [0.1, 0.15) is 12.8 Å². The summed E-state index contributed by atoms with van der Waals surface area (Å²) in [4.78, 5) is 8.96. The third-order valence-electron chi connectivity index (χ3n) is 2.70. The lowest BCUT2D eigenvalue weighted by atomic mass is 10.2. The molecule has 3 nitrogen and oxygen atoms in total. The van der Waals surface area contributed by atoms with Gasteiger partial charge in [-0.2, -0.15) is 0 Å². The molecule has 0 fully saturated rings. The zero-order valence-electron chi connectivity index (χ0n) is 9.39. The fourth-order valence-corrected chi connectivity index (χ4v) is 2.58. The monoisotopic (exact) mass is 243 g/mol. The Kier molecular flexibility index (Phi) is 2.88. The average molecular weight is 243 g/mol. The van der Waals surface area contributed by atoms with Crippen LogP contribution in [0.4, 0.5) is 5.13 Å². The molecule has 2 heterocycles. The fraction of sp³-hybridized carbons (Fsp3) is 0.231. The van der Waals surface area contributed by atoms with Gasteiger partial charge in [0.2, 0.25) is 0 Å². The Labute approximate surface area is 104 Å². The van der Waals surface area contributed by atoms with Crippen LogP contribution in [0.25, 0.3) is 11.3 Å². The maximum Gasteiger partial charge on any atom is 0.188 e. The molecule has 17 heavy (non-hydrogen) atoms. The van der Waals surface area contributed by atoms with Gasteiger partial charge in [-0.15, -0.1) is 11.3 Å². The van der Waals surface area contributed by atoms with Crippen molar-refractivity contribution in [2.75, 3.05) is 11.9 Å². The van der Waals surface area contributed by atoms with Crippen molar-refractivity contribution >= 4 is 22.3 Å². The summed E-state index contributed by atoms with van der Waals surface area (Å²) in [5, 5.41) is 6.30. The van der Waals surface area contributed by atoms with Crippen LogP contribution in [0, 0.1) is 0 Å². The van der Waals surface area contributed by atoms with E-state index in [0.29, 0.717) is 0 Å². The molecule has 0 atom stereocenters. The summed E-state index contributed by atoms with van der Waals surface area (Å²) in [5.74, 6) is 1.07. The molecule has 0 bridgehead atoms. The van der Waals surface area contributed by atoms with Crippen LogP contribution in [0.2, 0.25) is 0 Å². The predicted molar refractivity (Wildman–Crippen MR) is 72.7 cm³/mol. The zero-order valence-corrected chi connectivity index (χ0v) is 10.2. The van der Waals surface area contributed by atoms with Gasteiger partial charge in [-0.1, -0.05) is 30.3 Å². The summed E-state index contributed by atoms with van der Waals surface area (Å²) in [7, 11) is 0. The van der Waals surface area contributed by atoms with Crippen LogP contribution in [0.5, 0.6) is 0 Å². The second-order valence-corrected chi connectivity index (χ2v) is 4.82. The smallest absolute Gasteiger partial charge is 0.188 e. The van der Waals surface area contributed by atoms with E-state index < -0.39 is 0 Å². The van der Waals surface area contributed by atoms with Crippen molar-refractivity contribution in [3.63, 3.8) is 0 Å². The van der Waals surface area contributed by atoms with E-state index in [-0.39, 0.29) is 0 Å². The van der Waals surface area contributed by atoms with Gasteiger partial charge in [-0.25, -0.2) is 4.98 Å². The van der Waals surface area contributed by atoms with E-state index in [9.17, 15) is 0 Å². The Morgan fingerprint density at radius 3 is 2.82 bits per heavy atom. The van der Waals surface area contributed by atoms with Gasteiger partial charge in [-0.05, 0) is 6.42 Å². The minimum atomic E-state index is 0.935. The number of amidine groups is 1. The fourth-order valence-electron chi connectivity index (χ4n) is 1.84. The average Bonchev–Trinajstić information content (AvgIpc) is 3.02. The van der Waals surface area contributed by atoms with Gasteiger partial charge < -0.3 is 5.32 Å². The molecule has 0 saturated carbocycles. The highest BCUT2D eigenvalue weighted by Crippen LogP contribution is 2.25. The minimum absolute atomic E-state index is 0.935. The molecule has 1 aliphatic rings. The zero-order chi connectivity index (χ0) is 11.5. The molecule has 2 aromatic rings. The SMILES string of the molecule is c1ccc(-c2csc(NC3=NCCC3)n2)cc1. The van der Waals surface area contributed by atoms with Crippen LogP contribution in [0.15, 0.2) is 40.7 Å². The van der Waals surface area contributed by atoms with E-state index >= 15 is 0 Å². The number of aromatic nitrogens is 1. The van der Waals surface area contributed by atoms with Crippen molar-refractivity contribution in [1.29, 1.82) is 0 Å². The topological polar surface area (TPSA) is 37.3 Å². The highest BCUT2D eigenvalue weighted by molar-refractivity contribution is 7.14. The second-order valence-electron chi connectivity index (χ2n) is 3.96. The Bertz CT molecular complexity index is 531. The lowest BCUT2D eigenvalue weighted by molar-refractivity contribution is 0.951. The van der Waals surface area contributed by atoms with Crippen LogP contribution >= 0.6 is 11.3 Å². The van der Waals surface area contributed by atoms with E-state index in [1.54, 1.807) is 11.3 Å². The molecule has 0 unspecified atom stereocenters. The van der Waals surface area contributed by atoms with E-state index in [1.165, 1.54) is 0 Å². The summed E-state index contributed by atoms with van der Waals surface area (Å²) < 4.78 is 0. The van der Waals surface area contributed by atoms with Gasteiger partial charge in [-0.3, -0.25) is 4.99 Å². The van der Waals surface area contributed by atoms with E-state index in [0.717, 1.165) is 41.6 Å². The number of anilines is 1. The maximum atomic E-state index is 4.57. The first-order valence-corrected chi connectivity index (χ1v) is 6.61. The van der Waals surface area contributed by atoms with Gasteiger partial charge in [0, 0.05) is 23.9 Å². The van der Waals surface area contributed by atoms with Gasteiger partial charge in [0.15, 0.2) is 5.13 Å². The van der Waals surface area contributed by atoms with Crippen molar-refractivity contribution in [2.45, 2.75) is 12.8 Å². The molecule has 0 radical (unpaired) electrons. The maximum absolute atomic E-state index is 4.57. The quantitative estimate of drug-likeness (QED) is 0.877. The molecule has 1 aromatic heterocycles. The van der Waals surface area contributed by atoms with Crippen LogP contribution in [-0.4, -0.2) is 17.4 Å². The Balaban J connectivity index is 1.78. The van der Waals surface area contributed by atoms with E-state index in [1.807, 2.05) is 18.2 Å². The van der Waals surface area contributed by atoms with Crippen molar-refractivity contribution in [2.24, 2.45) is 4.99 Å². The van der Waals surface area contributed by atoms with Crippen LogP contribution < -0.4 is 5.32 Å².